The predicted molar refractivity (Wildman–Crippen MR) is 78.5 cm³/mol. The van der Waals surface area contributed by atoms with Gasteiger partial charge in [-0.05, 0) is 11.6 Å². The second-order valence-corrected chi connectivity index (χ2v) is 6.16. The summed E-state index contributed by atoms with van der Waals surface area (Å²) in [5, 5.41) is 2.45. The number of alkyl halides is 3. The minimum absolute atomic E-state index is 0.0791. The summed E-state index contributed by atoms with van der Waals surface area (Å²) in [5.41, 5.74) is -1.70. The average Bonchev–Trinajstić information content (AvgIpc) is 2.44. The lowest BCUT2D eigenvalue weighted by Gasteiger charge is -2.24. The zero-order valence-electron chi connectivity index (χ0n) is 13.5. The molecule has 128 valence electrons. The molecule has 1 atom stereocenters. The van der Waals surface area contributed by atoms with Gasteiger partial charge >= 0.3 is 12.1 Å². The number of ether oxygens (including phenoxy) is 1. The van der Waals surface area contributed by atoms with Crippen molar-refractivity contribution in [1.82, 2.24) is 5.32 Å². The molecule has 1 aromatic rings. The first-order valence-corrected chi connectivity index (χ1v) is 7.00. The van der Waals surface area contributed by atoms with Crippen LogP contribution in [0.25, 0.3) is 0 Å². The molecule has 1 aromatic carbocycles. The normalized spacial score (nSPS) is 13.3. The Hall–Kier alpha value is -2.05. The van der Waals surface area contributed by atoms with E-state index in [0.29, 0.717) is 0 Å². The van der Waals surface area contributed by atoms with E-state index in [1.54, 1.807) is 20.8 Å². The number of amides is 1. The maximum absolute atomic E-state index is 13.0. The van der Waals surface area contributed by atoms with Crippen LogP contribution in [0.4, 0.5) is 13.2 Å². The fourth-order valence-electron chi connectivity index (χ4n) is 1.91. The van der Waals surface area contributed by atoms with E-state index in [9.17, 15) is 22.8 Å². The van der Waals surface area contributed by atoms with Gasteiger partial charge in [0.25, 0.3) is 0 Å². The van der Waals surface area contributed by atoms with Crippen LogP contribution in [0.2, 0.25) is 0 Å². The molecule has 1 N–H and O–H groups in total. The van der Waals surface area contributed by atoms with Crippen LogP contribution < -0.4 is 5.32 Å². The highest BCUT2D eigenvalue weighted by atomic mass is 19.4. The van der Waals surface area contributed by atoms with Crippen molar-refractivity contribution >= 4 is 11.9 Å². The molecule has 0 bridgehead atoms. The molecule has 7 heteroatoms. The first-order chi connectivity index (χ1) is 10.5. The summed E-state index contributed by atoms with van der Waals surface area (Å²) in [6, 6.07) is 3.75. The molecular formula is C16H20F3NO3. The highest BCUT2D eigenvalue weighted by Gasteiger charge is 2.35. The molecule has 0 aliphatic rings. The van der Waals surface area contributed by atoms with Crippen LogP contribution in [-0.4, -0.2) is 25.0 Å². The second kappa shape index (κ2) is 7.02. The van der Waals surface area contributed by atoms with Crippen molar-refractivity contribution < 1.29 is 27.5 Å². The summed E-state index contributed by atoms with van der Waals surface area (Å²) in [5.74, 6) is -1.24. The van der Waals surface area contributed by atoms with Crippen molar-refractivity contribution in [3.05, 3.63) is 35.4 Å². The van der Waals surface area contributed by atoms with E-state index in [-0.39, 0.29) is 12.0 Å². The molecule has 0 fully saturated rings. The third-order valence-corrected chi connectivity index (χ3v) is 3.22. The van der Waals surface area contributed by atoms with Gasteiger partial charge in [-0.15, -0.1) is 0 Å². The SMILES string of the molecule is COC(=O)[C@@H](Cc1ccccc1C(F)(F)F)NC(=O)C(C)(C)C. The van der Waals surface area contributed by atoms with Crippen LogP contribution in [-0.2, 0) is 26.9 Å². The highest BCUT2D eigenvalue weighted by molar-refractivity contribution is 5.87. The molecule has 4 nitrogen and oxygen atoms in total. The molecule has 1 rings (SSSR count). The second-order valence-electron chi connectivity index (χ2n) is 6.16. The molecule has 23 heavy (non-hydrogen) atoms. The van der Waals surface area contributed by atoms with E-state index >= 15 is 0 Å². The molecule has 0 heterocycles. The van der Waals surface area contributed by atoms with Crippen molar-refractivity contribution in [2.24, 2.45) is 5.41 Å². The predicted octanol–water partition coefficient (Wildman–Crippen LogP) is 2.95. The van der Waals surface area contributed by atoms with Gasteiger partial charge in [0.2, 0.25) is 5.91 Å². The molecule has 0 spiro atoms. The number of benzene rings is 1. The fourth-order valence-corrected chi connectivity index (χ4v) is 1.91. The van der Waals surface area contributed by atoms with E-state index in [0.717, 1.165) is 13.2 Å². The molecule has 0 aromatic heterocycles. The summed E-state index contributed by atoms with van der Waals surface area (Å²) in [4.78, 5) is 23.8. The maximum atomic E-state index is 13.0. The first kappa shape index (κ1) is 19.0. The number of rotatable bonds is 4. The van der Waals surface area contributed by atoms with Gasteiger partial charge in [0, 0.05) is 11.8 Å². The van der Waals surface area contributed by atoms with Gasteiger partial charge in [-0.2, -0.15) is 13.2 Å². The number of esters is 1. The molecule has 0 unspecified atom stereocenters. The number of nitrogens with one attached hydrogen (secondary N) is 1. The molecule has 1 amide bonds. The topological polar surface area (TPSA) is 55.4 Å². The Morgan fingerprint density at radius 3 is 2.22 bits per heavy atom. The Bertz CT molecular complexity index is 577. The summed E-state index contributed by atoms with van der Waals surface area (Å²) in [6.45, 7) is 4.92. The number of carbonyl (C=O) groups is 2. The Kier molecular flexibility index (Phi) is 5.80. The van der Waals surface area contributed by atoms with Crippen LogP contribution in [0.3, 0.4) is 0 Å². The zero-order chi connectivity index (χ0) is 17.8. The maximum Gasteiger partial charge on any atom is 0.416 e. The largest absolute Gasteiger partial charge is 0.467 e. The van der Waals surface area contributed by atoms with Crippen LogP contribution >= 0.6 is 0 Å². The van der Waals surface area contributed by atoms with Crippen molar-refractivity contribution in [2.75, 3.05) is 7.11 Å². The molecule has 0 radical (unpaired) electrons. The van der Waals surface area contributed by atoms with Gasteiger partial charge in [-0.3, -0.25) is 4.79 Å². The van der Waals surface area contributed by atoms with E-state index in [1.807, 2.05) is 0 Å². The van der Waals surface area contributed by atoms with Crippen LogP contribution in [0.5, 0.6) is 0 Å². The molecular weight excluding hydrogens is 311 g/mol. The quantitative estimate of drug-likeness (QED) is 0.863. The van der Waals surface area contributed by atoms with Crippen LogP contribution in [0.15, 0.2) is 24.3 Å². The van der Waals surface area contributed by atoms with Gasteiger partial charge in [-0.25, -0.2) is 4.79 Å². The van der Waals surface area contributed by atoms with Gasteiger partial charge in [0.15, 0.2) is 0 Å². The van der Waals surface area contributed by atoms with Gasteiger partial charge in [0.1, 0.15) is 6.04 Å². The number of methoxy groups -OCH3 is 1. The standard InChI is InChI=1S/C16H20F3NO3/c1-15(2,3)14(22)20-12(13(21)23-4)9-10-7-5-6-8-11(10)16(17,18)19/h5-8,12H,9H2,1-4H3,(H,20,22)/t12-/m1/s1. The lowest BCUT2D eigenvalue weighted by molar-refractivity contribution is -0.146. The van der Waals surface area contributed by atoms with Gasteiger partial charge < -0.3 is 10.1 Å². The van der Waals surface area contributed by atoms with Gasteiger partial charge in [0.05, 0.1) is 12.7 Å². The third-order valence-electron chi connectivity index (χ3n) is 3.22. The average molecular weight is 331 g/mol. The van der Waals surface area contributed by atoms with E-state index in [1.165, 1.54) is 18.2 Å². The Balaban J connectivity index is 3.09. The zero-order valence-corrected chi connectivity index (χ0v) is 13.5. The summed E-state index contributed by atoms with van der Waals surface area (Å²) < 4.78 is 43.7. The molecule has 0 saturated heterocycles. The fraction of sp³-hybridized carbons (Fsp3) is 0.500. The lowest BCUT2D eigenvalue weighted by atomic mass is 9.94. The number of hydrogen-bond acceptors (Lipinski definition) is 3. The van der Waals surface area contributed by atoms with E-state index in [4.69, 9.17) is 0 Å². The minimum Gasteiger partial charge on any atom is -0.467 e. The highest BCUT2D eigenvalue weighted by Crippen LogP contribution is 2.32. The monoisotopic (exact) mass is 331 g/mol. The Morgan fingerprint density at radius 2 is 1.74 bits per heavy atom. The minimum atomic E-state index is -4.54. The first-order valence-electron chi connectivity index (χ1n) is 7.00. The van der Waals surface area contributed by atoms with Crippen molar-refractivity contribution in [3.63, 3.8) is 0 Å². The molecule has 0 saturated carbocycles. The summed E-state index contributed by atoms with van der Waals surface area (Å²) in [7, 11) is 1.12. The van der Waals surface area contributed by atoms with Crippen LogP contribution in [0.1, 0.15) is 31.9 Å². The van der Waals surface area contributed by atoms with Crippen molar-refractivity contribution in [3.8, 4) is 0 Å². The summed E-state index contributed by atoms with van der Waals surface area (Å²) >= 11 is 0. The summed E-state index contributed by atoms with van der Waals surface area (Å²) in [6.07, 6.45) is -4.84. The van der Waals surface area contributed by atoms with Crippen LogP contribution in [0, 0.1) is 5.41 Å². The number of carbonyl (C=O) groups excluding carboxylic acids is 2. The van der Waals surface area contributed by atoms with E-state index < -0.39 is 35.1 Å². The lowest BCUT2D eigenvalue weighted by Crippen LogP contribution is -2.47. The smallest absolute Gasteiger partial charge is 0.416 e. The number of halogens is 3. The van der Waals surface area contributed by atoms with Crippen molar-refractivity contribution in [2.45, 2.75) is 39.4 Å². The van der Waals surface area contributed by atoms with Crippen molar-refractivity contribution in [1.29, 1.82) is 0 Å². The Labute approximate surface area is 133 Å². The van der Waals surface area contributed by atoms with Gasteiger partial charge in [-0.1, -0.05) is 39.0 Å². The number of hydrogen-bond donors (Lipinski definition) is 1. The Morgan fingerprint density at radius 1 is 1.17 bits per heavy atom. The third kappa shape index (κ3) is 5.26. The molecule has 0 aliphatic carbocycles. The molecule has 0 aliphatic heterocycles. The van der Waals surface area contributed by atoms with E-state index in [2.05, 4.69) is 10.1 Å².